The lowest BCUT2D eigenvalue weighted by molar-refractivity contribution is -0.138. The van der Waals surface area contributed by atoms with Crippen LogP contribution in [0.15, 0.2) is 30.3 Å². The van der Waals surface area contributed by atoms with Gasteiger partial charge in [-0.3, -0.25) is 9.78 Å². The normalized spacial score (nSPS) is 11.6. The Morgan fingerprint density at radius 2 is 2.08 bits per heavy atom. The highest BCUT2D eigenvalue weighted by Gasteiger charge is 2.23. The molecular formula is C18H19N3O3. The first-order chi connectivity index (χ1) is 11.4. The van der Waals surface area contributed by atoms with Crippen LogP contribution in [0.4, 0.5) is 0 Å². The van der Waals surface area contributed by atoms with E-state index in [1.165, 1.54) is 11.8 Å². The monoisotopic (exact) mass is 325 g/mol. The number of ether oxygens (including phenoxy) is 1. The number of fused-ring (bicyclic) bond motifs is 1. The molecule has 24 heavy (non-hydrogen) atoms. The number of nitrogens with zero attached hydrogens (tertiary/aromatic N) is 3. The van der Waals surface area contributed by atoms with Gasteiger partial charge in [0.2, 0.25) is 0 Å². The summed E-state index contributed by atoms with van der Waals surface area (Å²) in [5.74, 6) is -0.903. The lowest BCUT2D eigenvalue weighted by Crippen LogP contribution is -2.37. The number of rotatable bonds is 5. The molecule has 0 bridgehead atoms. The van der Waals surface area contributed by atoms with E-state index in [0.29, 0.717) is 28.7 Å². The van der Waals surface area contributed by atoms with Crippen molar-refractivity contribution >= 4 is 22.8 Å². The number of carbonyl (C=O) groups is 2. The Hall–Kier alpha value is -2.94. The molecule has 1 atom stereocenters. The zero-order chi connectivity index (χ0) is 17.7. The van der Waals surface area contributed by atoms with E-state index in [-0.39, 0.29) is 12.3 Å². The molecular weight excluding hydrogens is 306 g/mol. The highest BCUT2D eigenvalue weighted by Crippen LogP contribution is 2.19. The summed E-state index contributed by atoms with van der Waals surface area (Å²) < 4.78 is 5.32. The summed E-state index contributed by atoms with van der Waals surface area (Å²) in [4.78, 5) is 30.4. The van der Waals surface area contributed by atoms with Crippen LogP contribution in [-0.2, 0) is 9.53 Å². The van der Waals surface area contributed by atoms with E-state index >= 15 is 0 Å². The molecule has 1 amide bonds. The molecule has 1 heterocycles. The van der Waals surface area contributed by atoms with E-state index in [1.54, 1.807) is 26.1 Å². The summed E-state index contributed by atoms with van der Waals surface area (Å²) in [6.45, 7) is 3.63. The van der Waals surface area contributed by atoms with E-state index in [9.17, 15) is 9.59 Å². The van der Waals surface area contributed by atoms with Crippen LogP contribution in [0.1, 0.15) is 29.4 Å². The van der Waals surface area contributed by atoms with Gasteiger partial charge in [0.05, 0.1) is 23.6 Å². The van der Waals surface area contributed by atoms with Gasteiger partial charge in [-0.25, -0.2) is 4.79 Å². The molecule has 2 rings (SSSR count). The number of amides is 1. The predicted octanol–water partition coefficient (Wildman–Crippen LogP) is 2.46. The summed E-state index contributed by atoms with van der Waals surface area (Å²) >= 11 is 0. The largest absolute Gasteiger partial charge is 0.449 e. The smallest absolute Gasteiger partial charge is 0.339 e. The number of para-hydroxylation sites is 1. The van der Waals surface area contributed by atoms with E-state index in [1.807, 2.05) is 24.3 Å². The fraction of sp³-hybridized carbons (Fsp3) is 0.333. The number of pyridine rings is 1. The second-order valence-electron chi connectivity index (χ2n) is 5.54. The molecule has 6 heteroatoms. The Balaban J connectivity index is 2.18. The summed E-state index contributed by atoms with van der Waals surface area (Å²) in [7, 11) is 1.58. The summed E-state index contributed by atoms with van der Waals surface area (Å²) in [5.41, 5.74) is 1.79. The van der Waals surface area contributed by atoms with Crippen LogP contribution in [-0.4, -0.2) is 41.5 Å². The average molecular weight is 325 g/mol. The number of nitriles is 1. The van der Waals surface area contributed by atoms with Gasteiger partial charge in [-0.1, -0.05) is 18.2 Å². The van der Waals surface area contributed by atoms with Gasteiger partial charge in [0, 0.05) is 24.7 Å². The fourth-order valence-corrected chi connectivity index (χ4v) is 2.39. The van der Waals surface area contributed by atoms with Crippen molar-refractivity contribution in [3.63, 3.8) is 0 Å². The first kappa shape index (κ1) is 17.4. The van der Waals surface area contributed by atoms with E-state index in [0.717, 1.165) is 0 Å². The average Bonchev–Trinajstić information content (AvgIpc) is 2.57. The molecule has 0 aliphatic heterocycles. The van der Waals surface area contributed by atoms with Crippen LogP contribution >= 0.6 is 0 Å². The second-order valence-corrected chi connectivity index (χ2v) is 5.54. The highest BCUT2D eigenvalue weighted by atomic mass is 16.5. The van der Waals surface area contributed by atoms with Gasteiger partial charge in [0.1, 0.15) is 0 Å². The second kappa shape index (κ2) is 7.55. The molecule has 1 aromatic heterocycles. The molecule has 0 saturated heterocycles. The van der Waals surface area contributed by atoms with E-state index < -0.39 is 12.1 Å². The summed E-state index contributed by atoms with van der Waals surface area (Å²) in [5, 5.41) is 9.26. The first-order valence-electron chi connectivity index (χ1n) is 7.63. The quantitative estimate of drug-likeness (QED) is 0.789. The minimum atomic E-state index is -0.923. The van der Waals surface area contributed by atoms with Crippen LogP contribution in [0.5, 0.6) is 0 Å². The molecule has 124 valence electrons. The van der Waals surface area contributed by atoms with Gasteiger partial charge in [-0.2, -0.15) is 5.26 Å². The maximum Gasteiger partial charge on any atom is 0.339 e. The van der Waals surface area contributed by atoms with Crippen molar-refractivity contribution in [2.24, 2.45) is 0 Å². The van der Waals surface area contributed by atoms with Crippen LogP contribution in [0.3, 0.4) is 0 Å². The van der Waals surface area contributed by atoms with Gasteiger partial charge >= 0.3 is 5.97 Å². The zero-order valence-electron chi connectivity index (χ0n) is 13.9. The van der Waals surface area contributed by atoms with Crippen LogP contribution < -0.4 is 0 Å². The van der Waals surface area contributed by atoms with E-state index in [2.05, 4.69) is 4.98 Å². The first-order valence-corrected chi connectivity index (χ1v) is 7.63. The number of esters is 1. The Labute approximate surface area is 140 Å². The van der Waals surface area contributed by atoms with Crippen molar-refractivity contribution in [1.82, 2.24) is 9.88 Å². The molecule has 0 radical (unpaired) electrons. The number of benzene rings is 1. The standard InChI is InChI=1S/C18H19N3O3/c1-12-11-15(14-7-4-5-8-16(14)20-12)18(23)24-13(2)17(22)21(3)10-6-9-19/h4-5,7-8,11,13H,6,10H2,1-3H3/t13-/m0/s1. The molecule has 0 spiro atoms. The highest BCUT2D eigenvalue weighted by molar-refractivity contribution is 6.04. The Morgan fingerprint density at radius 1 is 1.38 bits per heavy atom. The minimum absolute atomic E-state index is 0.233. The topological polar surface area (TPSA) is 83.3 Å². The lowest BCUT2D eigenvalue weighted by atomic mass is 10.1. The number of hydrogen-bond acceptors (Lipinski definition) is 5. The SMILES string of the molecule is Cc1cc(C(=O)O[C@@H](C)C(=O)N(C)CCC#N)c2ccccc2n1. The fourth-order valence-electron chi connectivity index (χ4n) is 2.39. The maximum atomic E-state index is 12.5. The molecule has 0 aliphatic rings. The van der Waals surface area contributed by atoms with Gasteiger partial charge in [-0.15, -0.1) is 0 Å². The van der Waals surface area contributed by atoms with E-state index in [4.69, 9.17) is 10.00 Å². The van der Waals surface area contributed by atoms with Crippen molar-refractivity contribution in [3.8, 4) is 6.07 Å². The van der Waals surface area contributed by atoms with Crippen LogP contribution in [0.2, 0.25) is 0 Å². The van der Waals surface area contributed by atoms with Gasteiger partial charge < -0.3 is 9.64 Å². The molecule has 0 N–H and O–H groups in total. The minimum Gasteiger partial charge on any atom is -0.449 e. The maximum absolute atomic E-state index is 12.5. The number of likely N-dealkylation sites (N-methyl/N-ethyl adjacent to an activating group) is 1. The lowest BCUT2D eigenvalue weighted by Gasteiger charge is -2.20. The molecule has 0 aliphatic carbocycles. The van der Waals surface area contributed by atoms with Crippen molar-refractivity contribution < 1.29 is 14.3 Å². The number of aromatic nitrogens is 1. The van der Waals surface area contributed by atoms with Crippen molar-refractivity contribution in [3.05, 3.63) is 41.6 Å². The van der Waals surface area contributed by atoms with Crippen LogP contribution in [0, 0.1) is 18.3 Å². The third-order valence-electron chi connectivity index (χ3n) is 3.63. The molecule has 2 aromatic rings. The van der Waals surface area contributed by atoms with Gasteiger partial charge in [0.15, 0.2) is 6.10 Å². The predicted molar refractivity (Wildman–Crippen MR) is 89.2 cm³/mol. The van der Waals surface area contributed by atoms with Crippen molar-refractivity contribution in [1.29, 1.82) is 5.26 Å². The summed E-state index contributed by atoms with van der Waals surface area (Å²) in [6.07, 6.45) is -0.690. The number of hydrogen-bond donors (Lipinski definition) is 0. The molecule has 0 unspecified atom stereocenters. The van der Waals surface area contributed by atoms with Crippen molar-refractivity contribution in [2.75, 3.05) is 13.6 Å². The molecule has 1 aromatic carbocycles. The Bertz CT molecular complexity index is 811. The molecule has 0 fully saturated rings. The van der Waals surface area contributed by atoms with Gasteiger partial charge in [-0.05, 0) is 26.0 Å². The molecule has 6 nitrogen and oxygen atoms in total. The number of carbonyl (C=O) groups excluding carboxylic acids is 2. The number of aryl methyl sites for hydroxylation is 1. The third-order valence-corrected chi connectivity index (χ3v) is 3.63. The Kier molecular flexibility index (Phi) is 5.48. The third kappa shape index (κ3) is 3.87. The summed E-state index contributed by atoms with van der Waals surface area (Å²) in [6, 6.07) is 10.9. The molecule has 0 saturated carbocycles. The zero-order valence-corrected chi connectivity index (χ0v) is 13.9. The van der Waals surface area contributed by atoms with Crippen LogP contribution in [0.25, 0.3) is 10.9 Å². The Morgan fingerprint density at radius 3 is 2.79 bits per heavy atom. The van der Waals surface area contributed by atoms with Crippen molar-refractivity contribution in [2.45, 2.75) is 26.4 Å². The van der Waals surface area contributed by atoms with Gasteiger partial charge in [0.25, 0.3) is 5.91 Å².